The van der Waals surface area contributed by atoms with Crippen LogP contribution in [0.2, 0.25) is 0 Å². The Labute approximate surface area is 216 Å². The number of imidazole rings is 1. The second-order valence-corrected chi connectivity index (χ2v) is 9.98. The number of piperazine rings is 1. The molecular weight excluding hydrogens is 470 g/mol. The molecule has 194 valence electrons. The minimum Gasteiger partial charge on any atom is -0.465 e. The summed E-state index contributed by atoms with van der Waals surface area (Å²) in [6.45, 7) is 2.61. The highest BCUT2D eigenvalue weighted by molar-refractivity contribution is 5.98. The van der Waals surface area contributed by atoms with Gasteiger partial charge in [-0.1, -0.05) is 60.7 Å². The van der Waals surface area contributed by atoms with E-state index in [0.29, 0.717) is 43.7 Å². The Morgan fingerprint density at radius 1 is 1.00 bits per heavy atom. The summed E-state index contributed by atoms with van der Waals surface area (Å²) >= 11 is 0. The molecule has 0 saturated carbocycles. The van der Waals surface area contributed by atoms with Gasteiger partial charge in [0.1, 0.15) is 0 Å². The highest BCUT2D eigenvalue weighted by atomic mass is 16.4. The summed E-state index contributed by atoms with van der Waals surface area (Å²) in [5.41, 5.74) is 2.02. The first-order chi connectivity index (χ1) is 17.9. The van der Waals surface area contributed by atoms with Crippen molar-refractivity contribution in [1.29, 1.82) is 0 Å². The molecular formula is C28H33N5O4. The molecule has 2 amide bonds. The summed E-state index contributed by atoms with van der Waals surface area (Å²) in [7, 11) is 0. The molecule has 0 aliphatic carbocycles. The quantitative estimate of drug-likeness (QED) is 0.477. The van der Waals surface area contributed by atoms with Crippen LogP contribution in [0.1, 0.15) is 28.9 Å². The third kappa shape index (κ3) is 5.52. The van der Waals surface area contributed by atoms with Gasteiger partial charge in [0.25, 0.3) is 5.91 Å². The second-order valence-electron chi connectivity index (χ2n) is 9.98. The standard InChI is InChI=1S/C28H33N5O4/c34-26(33-16-15-31(27(35)36)18-23(33)17-21-7-3-1-4-8-21)24-25(22-9-5-2-6-10-22)32(20-30-24)19-28(37)11-13-29-14-12-28/h1-10,20,23,29,37H,11-19H2,(H,35,36)/t23-/m1/s1. The Balaban J connectivity index is 1.48. The van der Waals surface area contributed by atoms with E-state index in [-0.39, 0.29) is 25.0 Å². The van der Waals surface area contributed by atoms with E-state index in [0.717, 1.165) is 24.2 Å². The Hall–Kier alpha value is -3.69. The molecule has 3 aromatic rings. The molecule has 2 fully saturated rings. The second kappa shape index (κ2) is 10.7. The van der Waals surface area contributed by atoms with Gasteiger partial charge in [0, 0.05) is 25.2 Å². The number of benzene rings is 2. The Morgan fingerprint density at radius 2 is 1.68 bits per heavy atom. The van der Waals surface area contributed by atoms with E-state index in [1.165, 1.54) is 4.90 Å². The van der Waals surface area contributed by atoms with Gasteiger partial charge in [0.05, 0.1) is 30.2 Å². The van der Waals surface area contributed by atoms with E-state index in [1.807, 2.05) is 65.2 Å². The van der Waals surface area contributed by atoms with Crippen molar-refractivity contribution < 1.29 is 19.8 Å². The first kappa shape index (κ1) is 25.0. The van der Waals surface area contributed by atoms with E-state index < -0.39 is 11.7 Å². The van der Waals surface area contributed by atoms with Crippen LogP contribution in [0.5, 0.6) is 0 Å². The van der Waals surface area contributed by atoms with Crippen LogP contribution in [0.3, 0.4) is 0 Å². The molecule has 2 aliphatic heterocycles. The summed E-state index contributed by atoms with van der Waals surface area (Å²) in [5.74, 6) is -0.221. The number of carbonyl (C=O) groups is 2. The number of hydrogen-bond acceptors (Lipinski definition) is 5. The number of rotatable bonds is 6. The van der Waals surface area contributed by atoms with Crippen molar-refractivity contribution in [2.75, 3.05) is 32.7 Å². The highest BCUT2D eigenvalue weighted by Crippen LogP contribution is 2.30. The average Bonchev–Trinajstić information content (AvgIpc) is 3.32. The van der Waals surface area contributed by atoms with Crippen LogP contribution in [0.25, 0.3) is 11.3 Å². The molecule has 2 aromatic carbocycles. The van der Waals surface area contributed by atoms with Gasteiger partial charge in [-0.15, -0.1) is 0 Å². The predicted molar refractivity (Wildman–Crippen MR) is 139 cm³/mol. The fraction of sp³-hybridized carbons (Fsp3) is 0.393. The molecule has 3 heterocycles. The van der Waals surface area contributed by atoms with Gasteiger partial charge in [-0.3, -0.25) is 4.79 Å². The monoisotopic (exact) mass is 503 g/mol. The van der Waals surface area contributed by atoms with Gasteiger partial charge in [-0.2, -0.15) is 0 Å². The van der Waals surface area contributed by atoms with Gasteiger partial charge >= 0.3 is 6.09 Å². The average molecular weight is 504 g/mol. The predicted octanol–water partition coefficient (Wildman–Crippen LogP) is 2.71. The number of carbonyl (C=O) groups excluding carboxylic acids is 1. The van der Waals surface area contributed by atoms with Crippen molar-refractivity contribution in [2.45, 2.75) is 37.5 Å². The number of aliphatic hydroxyl groups is 1. The van der Waals surface area contributed by atoms with E-state index in [2.05, 4.69) is 10.3 Å². The van der Waals surface area contributed by atoms with Crippen LogP contribution in [0, 0.1) is 0 Å². The van der Waals surface area contributed by atoms with Crippen molar-refractivity contribution in [3.8, 4) is 11.3 Å². The maximum Gasteiger partial charge on any atom is 0.407 e. The smallest absolute Gasteiger partial charge is 0.407 e. The maximum atomic E-state index is 14.1. The fourth-order valence-corrected chi connectivity index (χ4v) is 5.42. The lowest BCUT2D eigenvalue weighted by atomic mass is 9.92. The first-order valence-corrected chi connectivity index (χ1v) is 12.8. The SMILES string of the molecule is O=C(O)N1CCN(C(=O)c2ncn(CC3(O)CCNCC3)c2-c2ccccc2)[C@H](Cc2ccccc2)C1. The van der Waals surface area contributed by atoms with Crippen molar-refractivity contribution in [2.24, 2.45) is 0 Å². The van der Waals surface area contributed by atoms with Crippen LogP contribution < -0.4 is 5.32 Å². The normalized spacial score (nSPS) is 19.5. The summed E-state index contributed by atoms with van der Waals surface area (Å²) in [6, 6.07) is 19.1. The van der Waals surface area contributed by atoms with Crippen LogP contribution in [-0.2, 0) is 13.0 Å². The molecule has 37 heavy (non-hydrogen) atoms. The molecule has 1 aromatic heterocycles. The maximum absolute atomic E-state index is 14.1. The summed E-state index contributed by atoms with van der Waals surface area (Å²) in [5, 5.41) is 24.1. The molecule has 5 rings (SSSR count). The van der Waals surface area contributed by atoms with Gasteiger partial charge < -0.3 is 29.9 Å². The lowest BCUT2D eigenvalue weighted by molar-refractivity contribution is -0.00505. The lowest BCUT2D eigenvalue weighted by Gasteiger charge is -2.40. The van der Waals surface area contributed by atoms with E-state index in [9.17, 15) is 19.8 Å². The third-order valence-corrected chi connectivity index (χ3v) is 7.41. The largest absolute Gasteiger partial charge is 0.465 e. The zero-order valence-electron chi connectivity index (χ0n) is 20.8. The number of amides is 2. The van der Waals surface area contributed by atoms with Gasteiger partial charge in [-0.05, 0) is 37.9 Å². The molecule has 3 N–H and O–H groups in total. The Kier molecular flexibility index (Phi) is 7.25. The molecule has 2 aliphatic rings. The molecule has 9 nitrogen and oxygen atoms in total. The van der Waals surface area contributed by atoms with Crippen LogP contribution >= 0.6 is 0 Å². The molecule has 0 unspecified atom stereocenters. The van der Waals surface area contributed by atoms with Gasteiger partial charge in [0.15, 0.2) is 5.69 Å². The van der Waals surface area contributed by atoms with Crippen LogP contribution in [0.15, 0.2) is 67.0 Å². The van der Waals surface area contributed by atoms with Crippen LogP contribution in [-0.4, -0.2) is 85.9 Å². The summed E-state index contributed by atoms with van der Waals surface area (Å²) < 4.78 is 1.90. The summed E-state index contributed by atoms with van der Waals surface area (Å²) in [6.07, 6.45) is 2.47. The number of carboxylic acid groups (broad SMARTS) is 1. The van der Waals surface area contributed by atoms with Crippen molar-refractivity contribution >= 4 is 12.0 Å². The van der Waals surface area contributed by atoms with Crippen LogP contribution in [0.4, 0.5) is 4.79 Å². The zero-order valence-corrected chi connectivity index (χ0v) is 20.8. The highest BCUT2D eigenvalue weighted by Gasteiger charge is 2.36. The molecule has 0 spiro atoms. The molecule has 1 atom stereocenters. The van der Waals surface area contributed by atoms with Crippen molar-refractivity contribution in [1.82, 2.24) is 24.7 Å². The number of hydrogen-bond donors (Lipinski definition) is 3. The van der Waals surface area contributed by atoms with Gasteiger partial charge in [0.2, 0.25) is 0 Å². The van der Waals surface area contributed by atoms with Crippen molar-refractivity contribution in [3.63, 3.8) is 0 Å². The van der Waals surface area contributed by atoms with Gasteiger partial charge in [-0.25, -0.2) is 9.78 Å². The molecule has 9 heteroatoms. The topological polar surface area (TPSA) is 111 Å². The Morgan fingerprint density at radius 3 is 2.35 bits per heavy atom. The van der Waals surface area contributed by atoms with Crippen molar-refractivity contribution in [3.05, 3.63) is 78.2 Å². The van der Waals surface area contributed by atoms with E-state index >= 15 is 0 Å². The minimum atomic E-state index is -0.977. The third-order valence-electron chi connectivity index (χ3n) is 7.41. The minimum absolute atomic E-state index is 0.221. The molecule has 0 bridgehead atoms. The van der Waals surface area contributed by atoms with E-state index in [4.69, 9.17) is 0 Å². The molecule has 2 saturated heterocycles. The lowest BCUT2D eigenvalue weighted by Crippen LogP contribution is -2.57. The number of aromatic nitrogens is 2. The first-order valence-electron chi connectivity index (χ1n) is 12.8. The number of piperidine rings is 1. The molecule has 0 radical (unpaired) electrons. The number of nitrogens with one attached hydrogen (secondary N) is 1. The summed E-state index contributed by atoms with van der Waals surface area (Å²) in [4.78, 5) is 33.5. The fourth-order valence-electron chi connectivity index (χ4n) is 5.42. The number of nitrogens with zero attached hydrogens (tertiary/aromatic N) is 4. The Bertz CT molecular complexity index is 1220. The van der Waals surface area contributed by atoms with E-state index in [1.54, 1.807) is 11.2 Å². The zero-order chi connectivity index (χ0) is 25.8.